The van der Waals surface area contributed by atoms with Crippen LogP contribution in [0.3, 0.4) is 0 Å². The van der Waals surface area contributed by atoms with Crippen LogP contribution in [0, 0.1) is 0 Å². The monoisotopic (exact) mass is 229 g/mol. The maximum absolute atomic E-state index is 10.2. The maximum atomic E-state index is 10.2. The van der Waals surface area contributed by atoms with Gasteiger partial charge in [-0.1, -0.05) is 12.8 Å². The van der Waals surface area contributed by atoms with Gasteiger partial charge < -0.3 is 20.3 Å². The Hall–Kier alpha value is -0.160. The molecule has 1 heterocycles. The molecule has 0 bridgehead atoms. The Morgan fingerprint density at radius 3 is 1.94 bits per heavy atom. The van der Waals surface area contributed by atoms with Gasteiger partial charge in [-0.25, -0.2) is 0 Å². The van der Waals surface area contributed by atoms with Crippen LogP contribution in [0.2, 0.25) is 0 Å². The van der Waals surface area contributed by atoms with Crippen LogP contribution in [0.25, 0.3) is 0 Å². The summed E-state index contributed by atoms with van der Waals surface area (Å²) in [7, 11) is 0. The van der Waals surface area contributed by atoms with Gasteiger partial charge in [0.2, 0.25) is 0 Å². The van der Waals surface area contributed by atoms with E-state index in [1.807, 2.05) is 0 Å². The average Bonchev–Trinajstić information content (AvgIpc) is 2.66. The molecule has 0 aromatic heterocycles. The highest BCUT2D eigenvalue weighted by molar-refractivity contribution is 4.89. The maximum Gasteiger partial charge on any atom is 0.0815 e. The van der Waals surface area contributed by atoms with Crippen molar-refractivity contribution >= 4 is 0 Å². The average molecular weight is 229 g/mol. The number of nitrogens with one attached hydrogen (secondary N) is 1. The van der Waals surface area contributed by atoms with E-state index in [1.54, 1.807) is 0 Å². The summed E-state index contributed by atoms with van der Waals surface area (Å²) in [5, 5.41) is 23.6. The van der Waals surface area contributed by atoms with Gasteiger partial charge in [0.15, 0.2) is 0 Å². The summed E-state index contributed by atoms with van der Waals surface area (Å²) in [6.45, 7) is 2.46. The van der Waals surface area contributed by atoms with Gasteiger partial charge in [0.25, 0.3) is 0 Å². The zero-order valence-corrected chi connectivity index (χ0v) is 9.87. The van der Waals surface area contributed by atoms with Gasteiger partial charge in [-0.3, -0.25) is 0 Å². The second kappa shape index (κ2) is 5.00. The predicted octanol–water partition coefficient (Wildman–Crippen LogP) is 0.423. The van der Waals surface area contributed by atoms with Gasteiger partial charge in [0, 0.05) is 39.1 Å². The van der Waals surface area contributed by atoms with Gasteiger partial charge in [-0.15, -0.1) is 0 Å². The standard InChI is InChI=1S/C12H23NO3/c14-11(3-1-2-4-11)9-13-10-12(15)5-7-16-8-6-12/h13-15H,1-10H2. The molecule has 3 N–H and O–H groups in total. The second-order valence-corrected chi connectivity index (χ2v) is 5.37. The lowest BCUT2D eigenvalue weighted by atomic mass is 9.94. The molecule has 0 aromatic carbocycles. The summed E-state index contributed by atoms with van der Waals surface area (Å²) in [6.07, 6.45) is 5.41. The van der Waals surface area contributed by atoms with Crippen molar-refractivity contribution in [2.45, 2.75) is 49.7 Å². The summed E-state index contributed by atoms with van der Waals surface area (Å²) in [5.41, 5.74) is -1.16. The van der Waals surface area contributed by atoms with Crippen molar-refractivity contribution in [1.29, 1.82) is 0 Å². The van der Waals surface area contributed by atoms with Crippen LogP contribution in [0.1, 0.15) is 38.5 Å². The topological polar surface area (TPSA) is 61.7 Å². The molecule has 0 amide bonds. The number of ether oxygens (including phenoxy) is 1. The number of aliphatic hydroxyl groups is 2. The minimum absolute atomic E-state index is 0.526. The SMILES string of the molecule is OC1(CNCC2(O)CCOCC2)CCCC1. The van der Waals surface area contributed by atoms with E-state index in [1.165, 1.54) is 0 Å². The Kier molecular flexibility index (Phi) is 3.85. The van der Waals surface area contributed by atoms with Crippen molar-refractivity contribution in [2.75, 3.05) is 26.3 Å². The van der Waals surface area contributed by atoms with Crippen molar-refractivity contribution < 1.29 is 14.9 Å². The van der Waals surface area contributed by atoms with Gasteiger partial charge in [-0.05, 0) is 12.8 Å². The van der Waals surface area contributed by atoms with E-state index in [9.17, 15) is 10.2 Å². The summed E-state index contributed by atoms with van der Waals surface area (Å²) < 4.78 is 5.23. The first-order chi connectivity index (χ1) is 7.62. The number of hydrogen-bond acceptors (Lipinski definition) is 4. The van der Waals surface area contributed by atoms with Crippen LogP contribution < -0.4 is 5.32 Å². The third kappa shape index (κ3) is 3.17. The van der Waals surface area contributed by atoms with Crippen LogP contribution in [-0.2, 0) is 4.74 Å². The first kappa shape index (κ1) is 12.3. The van der Waals surface area contributed by atoms with Crippen LogP contribution in [0.4, 0.5) is 0 Å². The molecule has 1 aliphatic carbocycles. The summed E-state index contributed by atoms with van der Waals surface area (Å²) in [6, 6.07) is 0. The van der Waals surface area contributed by atoms with Gasteiger partial charge >= 0.3 is 0 Å². The molecule has 0 aromatic rings. The highest BCUT2D eigenvalue weighted by atomic mass is 16.5. The minimum atomic E-state index is -0.632. The fourth-order valence-corrected chi connectivity index (χ4v) is 2.67. The molecule has 1 aliphatic heterocycles. The first-order valence-electron chi connectivity index (χ1n) is 6.35. The lowest BCUT2D eigenvalue weighted by molar-refractivity contribution is -0.0643. The number of hydrogen-bond donors (Lipinski definition) is 3. The van der Waals surface area contributed by atoms with E-state index < -0.39 is 11.2 Å². The Labute approximate surface area is 97.0 Å². The Balaban J connectivity index is 1.70. The van der Waals surface area contributed by atoms with E-state index in [0.717, 1.165) is 25.7 Å². The van der Waals surface area contributed by atoms with Crippen molar-refractivity contribution in [3.63, 3.8) is 0 Å². The summed E-state index contributed by atoms with van der Waals surface area (Å²) in [5.74, 6) is 0. The third-order valence-electron chi connectivity index (χ3n) is 3.87. The Morgan fingerprint density at radius 2 is 1.38 bits per heavy atom. The van der Waals surface area contributed by atoms with Crippen molar-refractivity contribution in [2.24, 2.45) is 0 Å². The molecule has 2 fully saturated rings. The molecular formula is C12H23NO3. The van der Waals surface area contributed by atoms with E-state index in [2.05, 4.69) is 5.32 Å². The Morgan fingerprint density at radius 1 is 0.875 bits per heavy atom. The molecule has 16 heavy (non-hydrogen) atoms. The van der Waals surface area contributed by atoms with E-state index in [0.29, 0.717) is 39.1 Å². The van der Waals surface area contributed by atoms with E-state index in [4.69, 9.17) is 4.74 Å². The highest BCUT2D eigenvalue weighted by Gasteiger charge is 2.33. The van der Waals surface area contributed by atoms with E-state index in [-0.39, 0.29) is 0 Å². The van der Waals surface area contributed by atoms with Crippen molar-refractivity contribution in [3.8, 4) is 0 Å². The zero-order valence-electron chi connectivity index (χ0n) is 9.87. The molecule has 2 aliphatic rings. The number of rotatable bonds is 4. The smallest absolute Gasteiger partial charge is 0.0815 e. The Bertz CT molecular complexity index is 220. The lowest BCUT2D eigenvalue weighted by Crippen LogP contribution is -2.48. The zero-order chi connectivity index (χ0) is 11.5. The van der Waals surface area contributed by atoms with Crippen molar-refractivity contribution in [3.05, 3.63) is 0 Å². The van der Waals surface area contributed by atoms with E-state index >= 15 is 0 Å². The van der Waals surface area contributed by atoms with Crippen LogP contribution in [-0.4, -0.2) is 47.7 Å². The second-order valence-electron chi connectivity index (χ2n) is 5.37. The quantitative estimate of drug-likeness (QED) is 0.654. The van der Waals surface area contributed by atoms with Crippen LogP contribution in [0.15, 0.2) is 0 Å². The molecule has 4 nitrogen and oxygen atoms in total. The van der Waals surface area contributed by atoms with Crippen LogP contribution >= 0.6 is 0 Å². The molecule has 1 saturated carbocycles. The third-order valence-corrected chi connectivity index (χ3v) is 3.87. The van der Waals surface area contributed by atoms with Gasteiger partial charge in [-0.2, -0.15) is 0 Å². The summed E-state index contributed by atoms with van der Waals surface area (Å²) >= 11 is 0. The normalized spacial score (nSPS) is 28.1. The highest BCUT2D eigenvalue weighted by Crippen LogP contribution is 2.29. The molecular weight excluding hydrogens is 206 g/mol. The lowest BCUT2D eigenvalue weighted by Gasteiger charge is -2.33. The predicted molar refractivity (Wildman–Crippen MR) is 61.3 cm³/mol. The molecule has 4 heteroatoms. The fraction of sp³-hybridized carbons (Fsp3) is 1.00. The molecule has 1 saturated heterocycles. The fourth-order valence-electron chi connectivity index (χ4n) is 2.67. The van der Waals surface area contributed by atoms with Gasteiger partial charge in [0.05, 0.1) is 11.2 Å². The molecule has 0 radical (unpaired) electrons. The van der Waals surface area contributed by atoms with Gasteiger partial charge in [0.1, 0.15) is 0 Å². The van der Waals surface area contributed by atoms with Crippen LogP contribution in [0.5, 0.6) is 0 Å². The molecule has 2 rings (SSSR count). The summed E-state index contributed by atoms with van der Waals surface area (Å²) in [4.78, 5) is 0. The molecule has 94 valence electrons. The first-order valence-corrected chi connectivity index (χ1v) is 6.35. The molecule has 0 unspecified atom stereocenters. The van der Waals surface area contributed by atoms with Crippen molar-refractivity contribution in [1.82, 2.24) is 5.32 Å². The minimum Gasteiger partial charge on any atom is -0.389 e. The molecule has 0 spiro atoms. The molecule has 0 atom stereocenters. The largest absolute Gasteiger partial charge is 0.389 e.